The maximum absolute atomic E-state index is 13.0. The average Bonchev–Trinajstić information content (AvgIpc) is 3.16. The summed E-state index contributed by atoms with van der Waals surface area (Å²) in [4.78, 5) is 47.7. The molecule has 2 aromatic rings. The lowest BCUT2D eigenvalue weighted by Crippen LogP contribution is -2.43. The van der Waals surface area contributed by atoms with E-state index in [-0.39, 0.29) is 18.0 Å². The number of nitrogens with one attached hydrogen (secondary N) is 1. The van der Waals surface area contributed by atoms with Crippen LogP contribution >= 0.6 is 0 Å². The van der Waals surface area contributed by atoms with E-state index in [0.717, 1.165) is 29.3 Å². The highest BCUT2D eigenvalue weighted by molar-refractivity contribution is 6.02. The van der Waals surface area contributed by atoms with Crippen LogP contribution in [0.5, 0.6) is 0 Å². The number of nitro groups is 2. The second-order valence-corrected chi connectivity index (χ2v) is 7.27. The fourth-order valence-electron chi connectivity index (χ4n) is 3.65. The van der Waals surface area contributed by atoms with Gasteiger partial charge < -0.3 is 10.2 Å². The van der Waals surface area contributed by atoms with Crippen LogP contribution in [0.15, 0.2) is 36.4 Å². The van der Waals surface area contributed by atoms with Crippen LogP contribution in [0.3, 0.4) is 0 Å². The number of carbonyl (C=O) groups excluding carboxylic acids is 2. The third kappa shape index (κ3) is 4.43. The summed E-state index contributed by atoms with van der Waals surface area (Å²) in [5.74, 6) is -1.02. The Morgan fingerprint density at radius 3 is 2.07 bits per heavy atom. The molecule has 30 heavy (non-hydrogen) atoms. The molecule has 1 N–H and O–H groups in total. The molecular formula is C20H20N4O6. The van der Waals surface area contributed by atoms with Crippen LogP contribution in [-0.2, 0) is 4.79 Å². The molecule has 10 nitrogen and oxygen atoms in total. The Morgan fingerprint density at radius 2 is 1.53 bits per heavy atom. The minimum atomic E-state index is -0.794. The molecule has 1 heterocycles. The zero-order valence-electron chi connectivity index (χ0n) is 16.5. The monoisotopic (exact) mass is 412 g/mol. The molecular weight excluding hydrogens is 392 g/mol. The first-order valence-corrected chi connectivity index (χ1v) is 9.29. The summed E-state index contributed by atoms with van der Waals surface area (Å²) in [6, 6.07) is 7.61. The highest BCUT2D eigenvalue weighted by Gasteiger charge is 2.35. The first-order valence-electron chi connectivity index (χ1n) is 9.29. The van der Waals surface area contributed by atoms with Crippen LogP contribution in [0.4, 0.5) is 17.1 Å². The number of amides is 2. The largest absolute Gasteiger partial charge is 0.327 e. The van der Waals surface area contributed by atoms with Gasteiger partial charge in [-0.2, -0.15) is 0 Å². The SMILES string of the molecule is Cc1cc(C)cc(NC(=O)[C@@H]2CCCN2C(=O)c2cc([N+](=O)[O-])cc([N+](=O)[O-])c2)c1. The van der Waals surface area contributed by atoms with Gasteiger partial charge in [-0.15, -0.1) is 0 Å². The molecule has 1 atom stereocenters. The van der Waals surface area contributed by atoms with Gasteiger partial charge in [-0.25, -0.2) is 0 Å². The van der Waals surface area contributed by atoms with Gasteiger partial charge in [0.25, 0.3) is 17.3 Å². The summed E-state index contributed by atoms with van der Waals surface area (Å²) >= 11 is 0. The minimum absolute atomic E-state index is 0.193. The molecule has 2 aromatic carbocycles. The molecule has 0 radical (unpaired) electrons. The van der Waals surface area contributed by atoms with E-state index in [2.05, 4.69) is 5.32 Å². The Kier molecular flexibility index (Phi) is 5.77. The van der Waals surface area contributed by atoms with Crippen LogP contribution in [0, 0.1) is 34.1 Å². The van der Waals surface area contributed by atoms with E-state index in [4.69, 9.17) is 0 Å². The van der Waals surface area contributed by atoms with Gasteiger partial charge in [-0.1, -0.05) is 6.07 Å². The molecule has 2 amide bonds. The van der Waals surface area contributed by atoms with E-state index in [0.29, 0.717) is 18.5 Å². The highest BCUT2D eigenvalue weighted by atomic mass is 16.6. The van der Waals surface area contributed by atoms with E-state index in [1.54, 1.807) is 0 Å². The van der Waals surface area contributed by atoms with Gasteiger partial charge >= 0.3 is 0 Å². The van der Waals surface area contributed by atoms with Crippen molar-refractivity contribution in [3.8, 4) is 0 Å². The van der Waals surface area contributed by atoms with Gasteiger partial charge in [0.15, 0.2) is 0 Å². The zero-order chi connectivity index (χ0) is 22.0. The average molecular weight is 412 g/mol. The Morgan fingerprint density at radius 1 is 0.967 bits per heavy atom. The van der Waals surface area contributed by atoms with Crippen LogP contribution in [0.25, 0.3) is 0 Å². The van der Waals surface area contributed by atoms with E-state index in [9.17, 15) is 29.8 Å². The lowest BCUT2D eigenvalue weighted by Gasteiger charge is -2.24. The lowest BCUT2D eigenvalue weighted by molar-refractivity contribution is -0.394. The summed E-state index contributed by atoms with van der Waals surface area (Å²) in [7, 11) is 0. The predicted molar refractivity (Wildman–Crippen MR) is 108 cm³/mol. The summed E-state index contributed by atoms with van der Waals surface area (Å²) in [6.45, 7) is 4.09. The Labute approximate surface area is 171 Å². The van der Waals surface area contributed by atoms with E-state index < -0.39 is 33.2 Å². The first-order chi connectivity index (χ1) is 14.2. The molecule has 1 saturated heterocycles. The third-order valence-electron chi connectivity index (χ3n) is 4.88. The molecule has 0 bridgehead atoms. The number of hydrogen-bond donors (Lipinski definition) is 1. The quantitative estimate of drug-likeness (QED) is 0.591. The molecule has 0 aliphatic carbocycles. The number of anilines is 1. The van der Waals surface area contributed by atoms with Crippen molar-refractivity contribution in [1.82, 2.24) is 4.90 Å². The summed E-state index contributed by atoms with van der Waals surface area (Å²) in [6.07, 6.45) is 1.01. The van der Waals surface area contributed by atoms with Crippen LogP contribution in [0.1, 0.15) is 34.3 Å². The third-order valence-corrected chi connectivity index (χ3v) is 4.88. The molecule has 0 spiro atoms. The number of non-ortho nitro benzene ring substituents is 2. The van der Waals surface area contributed by atoms with E-state index >= 15 is 0 Å². The number of nitro benzene ring substituents is 2. The summed E-state index contributed by atoms with van der Waals surface area (Å²) < 4.78 is 0. The number of rotatable bonds is 5. The van der Waals surface area contributed by atoms with Crippen molar-refractivity contribution in [2.45, 2.75) is 32.7 Å². The van der Waals surface area contributed by atoms with Crippen LogP contribution in [0.2, 0.25) is 0 Å². The summed E-state index contributed by atoms with van der Waals surface area (Å²) in [5, 5.41) is 25.0. The minimum Gasteiger partial charge on any atom is -0.327 e. The molecule has 3 rings (SSSR count). The van der Waals surface area contributed by atoms with Crippen molar-refractivity contribution in [1.29, 1.82) is 0 Å². The molecule has 0 aromatic heterocycles. The molecule has 0 saturated carbocycles. The smallest absolute Gasteiger partial charge is 0.277 e. The fourth-order valence-corrected chi connectivity index (χ4v) is 3.65. The lowest BCUT2D eigenvalue weighted by atomic mass is 10.1. The second-order valence-electron chi connectivity index (χ2n) is 7.27. The van der Waals surface area contributed by atoms with Gasteiger partial charge in [0.05, 0.1) is 21.5 Å². The fraction of sp³-hybridized carbons (Fsp3) is 0.300. The molecule has 10 heteroatoms. The Hall–Kier alpha value is -3.82. The Bertz CT molecular complexity index is 999. The second kappa shape index (κ2) is 8.27. The number of nitrogens with zero attached hydrogens (tertiary/aromatic N) is 3. The Balaban J connectivity index is 1.86. The highest BCUT2D eigenvalue weighted by Crippen LogP contribution is 2.27. The van der Waals surface area contributed by atoms with Crippen molar-refractivity contribution in [3.63, 3.8) is 0 Å². The van der Waals surface area contributed by atoms with Crippen molar-refractivity contribution in [2.24, 2.45) is 0 Å². The number of benzene rings is 2. The van der Waals surface area contributed by atoms with Gasteiger partial charge in [0, 0.05) is 24.4 Å². The maximum atomic E-state index is 13.0. The van der Waals surface area contributed by atoms with Crippen molar-refractivity contribution < 1.29 is 19.4 Å². The van der Waals surface area contributed by atoms with Crippen LogP contribution in [-0.4, -0.2) is 39.1 Å². The van der Waals surface area contributed by atoms with Crippen LogP contribution < -0.4 is 5.32 Å². The number of carbonyl (C=O) groups is 2. The number of hydrogen-bond acceptors (Lipinski definition) is 6. The topological polar surface area (TPSA) is 136 Å². The summed E-state index contributed by atoms with van der Waals surface area (Å²) in [5.41, 5.74) is 1.28. The molecule has 156 valence electrons. The number of likely N-dealkylation sites (tertiary alicyclic amines) is 1. The molecule has 1 aliphatic heterocycles. The van der Waals surface area contributed by atoms with Gasteiger partial charge in [-0.3, -0.25) is 29.8 Å². The normalized spacial score (nSPS) is 15.7. The van der Waals surface area contributed by atoms with Crippen molar-refractivity contribution >= 4 is 28.9 Å². The predicted octanol–water partition coefficient (Wildman–Crippen LogP) is 3.36. The first kappa shape index (κ1) is 20.9. The van der Waals surface area contributed by atoms with Crippen molar-refractivity contribution in [3.05, 3.63) is 73.3 Å². The molecule has 0 unspecified atom stereocenters. The zero-order valence-corrected chi connectivity index (χ0v) is 16.5. The standard InChI is InChI=1S/C20H20N4O6/c1-12-6-13(2)8-15(7-12)21-19(25)18-4-3-5-22(18)20(26)14-9-16(23(27)28)11-17(10-14)24(29)30/h6-11,18H,3-5H2,1-2H3,(H,21,25)/t18-/m0/s1. The molecule has 1 fully saturated rings. The van der Waals surface area contributed by atoms with Gasteiger partial charge in [0.2, 0.25) is 5.91 Å². The number of aryl methyl sites for hydroxylation is 2. The maximum Gasteiger partial charge on any atom is 0.277 e. The van der Waals surface area contributed by atoms with Gasteiger partial charge in [0.1, 0.15) is 6.04 Å². The molecule has 1 aliphatic rings. The van der Waals surface area contributed by atoms with E-state index in [1.165, 1.54) is 4.90 Å². The van der Waals surface area contributed by atoms with Crippen molar-refractivity contribution in [2.75, 3.05) is 11.9 Å². The van der Waals surface area contributed by atoms with Gasteiger partial charge in [-0.05, 0) is 49.9 Å². The van der Waals surface area contributed by atoms with E-state index in [1.807, 2.05) is 32.0 Å².